The Balaban J connectivity index is 2.27. The molecule has 3 nitrogen and oxygen atoms in total. The first-order chi connectivity index (χ1) is 9.36. The predicted octanol–water partition coefficient (Wildman–Crippen LogP) is 3.31. The smallest absolute Gasteiger partial charge is 0.0661 e. The maximum atomic E-state index is 5.72. The summed E-state index contributed by atoms with van der Waals surface area (Å²) in [4.78, 5) is 4.24. The summed E-state index contributed by atoms with van der Waals surface area (Å²) in [7, 11) is 0. The van der Waals surface area contributed by atoms with Gasteiger partial charge >= 0.3 is 0 Å². The second-order valence-corrected chi connectivity index (χ2v) is 4.63. The third-order valence-corrected chi connectivity index (χ3v) is 3.18. The Labute approximate surface area is 115 Å². The number of ether oxygens (including phenoxy) is 1. The van der Waals surface area contributed by atoms with Crippen LogP contribution in [0.15, 0.2) is 36.7 Å². The van der Waals surface area contributed by atoms with Gasteiger partial charge in [0.1, 0.15) is 0 Å². The van der Waals surface area contributed by atoms with Gasteiger partial charge in [-0.25, -0.2) is 0 Å². The minimum Gasteiger partial charge on any atom is -0.379 e. The fourth-order valence-corrected chi connectivity index (χ4v) is 2.29. The van der Waals surface area contributed by atoms with Crippen LogP contribution in [0.4, 0.5) is 0 Å². The third kappa shape index (κ3) is 3.52. The van der Waals surface area contributed by atoms with E-state index in [4.69, 9.17) is 4.74 Å². The third-order valence-electron chi connectivity index (χ3n) is 3.18. The van der Waals surface area contributed by atoms with Crippen LogP contribution in [0.25, 0.3) is 10.8 Å². The zero-order valence-electron chi connectivity index (χ0n) is 11.7. The fraction of sp³-hybridized carbons (Fsp3) is 0.438. The summed E-state index contributed by atoms with van der Waals surface area (Å²) < 4.78 is 5.72. The van der Waals surface area contributed by atoms with Crippen LogP contribution in [-0.2, 0) is 4.74 Å². The number of likely N-dealkylation sites (N-methyl/N-ethyl adjacent to an activating group) is 1. The maximum absolute atomic E-state index is 5.72. The van der Waals surface area contributed by atoms with Crippen molar-refractivity contribution in [1.82, 2.24) is 10.3 Å². The lowest BCUT2D eigenvalue weighted by molar-refractivity contribution is 0.113. The predicted molar refractivity (Wildman–Crippen MR) is 79.3 cm³/mol. The van der Waals surface area contributed by atoms with Gasteiger partial charge in [0.2, 0.25) is 0 Å². The van der Waals surface area contributed by atoms with Gasteiger partial charge in [-0.3, -0.25) is 4.98 Å². The van der Waals surface area contributed by atoms with E-state index in [-0.39, 0.29) is 6.04 Å². The number of rotatable bonds is 7. The second kappa shape index (κ2) is 7.22. The topological polar surface area (TPSA) is 34.1 Å². The fourth-order valence-electron chi connectivity index (χ4n) is 2.29. The van der Waals surface area contributed by atoms with Crippen LogP contribution in [0, 0.1) is 0 Å². The standard InChI is InChI=1S/C16H22N2O/c1-3-10-19-12-16(18-4-2)14-7-5-6-13-8-9-17-11-15(13)14/h5-9,11,16,18H,3-4,10,12H2,1-2H3. The molecule has 0 amide bonds. The lowest BCUT2D eigenvalue weighted by Crippen LogP contribution is -2.25. The SMILES string of the molecule is CCCOCC(NCC)c1cccc2ccncc12. The summed E-state index contributed by atoms with van der Waals surface area (Å²) in [5.41, 5.74) is 1.27. The molecular formula is C16H22N2O. The van der Waals surface area contributed by atoms with Crippen LogP contribution >= 0.6 is 0 Å². The van der Waals surface area contributed by atoms with E-state index < -0.39 is 0 Å². The quantitative estimate of drug-likeness (QED) is 0.774. The molecular weight excluding hydrogens is 236 g/mol. The van der Waals surface area contributed by atoms with Gasteiger partial charge in [0.05, 0.1) is 12.6 Å². The summed E-state index contributed by atoms with van der Waals surface area (Å²) >= 11 is 0. The van der Waals surface area contributed by atoms with E-state index in [9.17, 15) is 0 Å². The molecule has 0 spiro atoms. The highest BCUT2D eigenvalue weighted by atomic mass is 16.5. The van der Waals surface area contributed by atoms with Crippen molar-refractivity contribution in [3.05, 3.63) is 42.2 Å². The van der Waals surface area contributed by atoms with Gasteiger partial charge in [0.15, 0.2) is 0 Å². The van der Waals surface area contributed by atoms with Crippen molar-refractivity contribution in [2.45, 2.75) is 26.3 Å². The number of aromatic nitrogens is 1. The van der Waals surface area contributed by atoms with Crippen LogP contribution in [0.1, 0.15) is 31.9 Å². The molecule has 3 heteroatoms. The summed E-state index contributed by atoms with van der Waals surface area (Å²) in [6.07, 6.45) is 4.83. The van der Waals surface area contributed by atoms with E-state index in [2.05, 4.69) is 48.4 Å². The van der Waals surface area contributed by atoms with Gasteiger partial charge in [0, 0.05) is 24.4 Å². The van der Waals surface area contributed by atoms with Gasteiger partial charge in [-0.1, -0.05) is 32.0 Å². The van der Waals surface area contributed by atoms with Crippen molar-refractivity contribution in [3.63, 3.8) is 0 Å². The summed E-state index contributed by atoms with van der Waals surface area (Å²) in [5, 5.41) is 5.93. The summed E-state index contributed by atoms with van der Waals surface area (Å²) in [6, 6.07) is 8.66. The molecule has 2 aromatic rings. The Morgan fingerprint density at radius 1 is 1.26 bits per heavy atom. The van der Waals surface area contributed by atoms with Crippen molar-refractivity contribution in [2.24, 2.45) is 0 Å². The van der Waals surface area contributed by atoms with Gasteiger partial charge in [-0.05, 0) is 30.0 Å². The monoisotopic (exact) mass is 258 g/mol. The number of nitrogens with one attached hydrogen (secondary N) is 1. The van der Waals surface area contributed by atoms with E-state index in [1.807, 2.05) is 12.4 Å². The second-order valence-electron chi connectivity index (χ2n) is 4.63. The molecule has 0 bridgehead atoms. The first kappa shape index (κ1) is 14.0. The molecule has 1 aromatic heterocycles. The van der Waals surface area contributed by atoms with Gasteiger partial charge in [-0.2, -0.15) is 0 Å². The molecule has 1 unspecified atom stereocenters. The number of benzene rings is 1. The first-order valence-corrected chi connectivity index (χ1v) is 7.00. The Kier molecular flexibility index (Phi) is 5.31. The Morgan fingerprint density at radius 2 is 2.16 bits per heavy atom. The van der Waals surface area contributed by atoms with Crippen molar-refractivity contribution in [3.8, 4) is 0 Å². The largest absolute Gasteiger partial charge is 0.379 e. The van der Waals surface area contributed by atoms with E-state index in [0.29, 0.717) is 6.61 Å². The van der Waals surface area contributed by atoms with Crippen molar-refractivity contribution < 1.29 is 4.74 Å². The molecule has 1 aromatic carbocycles. The normalized spacial score (nSPS) is 12.7. The zero-order chi connectivity index (χ0) is 13.5. The highest BCUT2D eigenvalue weighted by Gasteiger charge is 2.13. The van der Waals surface area contributed by atoms with Crippen LogP contribution in [0.2, 0.25) is 0 Å². The average molecular weight is 258 g/mol. The van der Waals surface area contributed by atoms with E-state index in [0.717, 1.165) is 19.6 Å². The molecule has 0 saturated carbocycles. The van der Waals surface area contributed by atoms with Crippen LogP contribution < -0.4 is 5.32 Å². The molecule has 1 heterocycles. The van der Waals surface area contributed by atoms with Crippen molar-refractivity contribution >= 4 is 10.8 Å². The molecule has 2 rings (SSSR count). The Hall–Kier alpha value is -1.45. The van der Waals surface area contributed by atoms with Gasteiger partial charge < -0.3 is 10.1 Å². The van der Waals surface area contributed by atoms with E-state index in [1.54, 1.807) is 0 Å². The lowest BCUT2D eigenvalue weighted by Gasteiger charge is -2.20. The molecule has 0 fully saturated rings. The molecule has 0 radical (unpaired) electrons. The molecule has 0 aliphatic rings. The molecule has 1 N–H and O–H groups in total. The molecule has 0 aliphatic heterocycles. The number of hydrogen-bond donors (Lipinski definition) is 1. The number of fused-ring (bicyclic) bond motifs is 1. The van der Waals surface area contributed by atoms with Crippen LogP contribution in [-0.4, -0.2) is 24.7 Å². The van der Waals surface area contributed by atoms with Crippen molar-refractivity contribution in [1.29, 1.82) is 0 Å². The van der Waals surface area contributed by atoms with Gasteiger partial charge in [0.25, 0.3) is 0 Å². The Bertz CT molecular complexity index is 508. The molecule has 102 valence electrons. The first-order valence-electron chi connectivity index (χ1n) is 7.00. The molecule has 1 atom stereocenters. The minimum atomic E-state index is 0.226. The summed E-state index contributed by atoms with van der Waals surface area (Å²) in [6.45, 7) is 6.69. The highest BCUT2D eigenvalue weighted by molar-refractivity contribution is 5.85. The van der Waals surface area contributed by atoms with Crippen molar-refractivity contribution in [2.75, 3.05) is 19.8 Å². The van der Waals surface area contributed by atoms with Gasteiger partial charge in [-0.15, -0.1) is 0 Å². The average Bonchev–Trinajstić information content (AvgIpc) is 2.46. The number of pyridine rings is 1. The molecule has 0 saturated heterocycles. The summed E-state index contributed by atoms with van der Waals surface area (Å²) in [5.74, 6) is 0. The van der Waals surface area contributed by atoms with E-state index >= 15 is 0 Å². The maximum Gasteiger partial charge on any atom is 0.0661 e. The van der Waals surface area contributed by atoms with Crippen LogP contribution in [0.5, 0.6) is 0 Å². The zero-order valence-corrected chi connectivity index (χ0v) is 11.7. The lowest BCUT2D eigenvalue weighted by atomic mass is 10.0. The highest BCUT2D eigenvalue weighted by Crippen LogP contribution is 2.23. The minimum absolute atomic E-state index is 0.226. The Morgan fingerprint density at radius 3 is 2.95 bits per heavy atom. The number of nitrogens with zero attached hydrogens (tertiary/aromatic N) is 1. The molecule has 0 aliphatic carbocycles. The van der Waals surface area contributed by atoms with E-state index in [1.165, 1.54) is 16.3 Å². The van der Waals surface area contributed by atoms with Crippen LogP contribution in [0.3, 0.4) is 0 Å². The number of hydrogen-bond acceptors (Lipinski definition) is 3. The molecule has 19 heavy (non-hydrogen) atoms.